The van der Waals surface area contributed by atoms with Crippen molar-refractivity contribution in [2.45, 2.75) is 19.4 Å². The van der Waals surface area contributed by atoms with Crippen LogP contribution in [0.25, 0.3) is 10.9 Å². The Morgan fingerprint density at radius 1 is 1.43 bits per heavy atom. The molecule has 1 aliphatic rings. The second-order valence-electron chi connectivity index (χ2n) is 5.22. The molecule has 0 unspecified atom stereocenters. The summed E-state index contributed by atoms with van der Waals surface area (Å²) in [4.78, 5) is 33.1. The van der Waals surface area contributed by atoms with Crippen molar-refractivity contribution >= 4 is 16.8 Å². The van der Waals surface area contributed by atoms with E-state index in [2.05, 4.69) is 9.97 Å². The molecule has 1 aromatic carbocycles. The van der Waals surface area contributed by atoms with Crippen LogP contribution in [0.2, 0.25) is 0 Å². The highest BCUT2D eigenvalue weighted by atomic mass is 16.5. The van der Waals surface area contributed by atoms with E-state index in [1.165, 1.54) is 0 Å². The van der Waals surface area contributed by atoms with Gasteiger partial charge in [-0.1, -0.05) is 12.1 Å². The molecule has 6 nitrogen and oxygen atoms in total. The van der Waals surface area contributed by atoms with E-state index in [1.807, 2.05) is 6.92 Å². The molecule has 2 aromatic rings. The number of hydrogen-bond acceptors (Lipinski definition) is 4. The number of rotatable bonds is 1. The molecule has 3 rings (SSSR count). The molecule has 1 fully saturated rings. The van der Waals surface area contributed by atoms with Crippen LogP contribution in [0.5, 0.6) is 0 Å². The number of carbonyl (C=O) groups excluding carboxylic acids is 1. The lowest BCUT2D eigenvalue weighted by Crippen LogP contribution is -2.37. The van der Waals surface area contributed by atoms with Crippen LogP contribution >= 0.6 is 0 Å². The van der Waals surface area contributed by atoms with Crippen molar-refractivity contribution < 1.29 is 9.53 Å². The van der Waals surface area contributed by atoms with Gasteiger partial charge < -0.3 is 14.6 Å². The monoisotopic (exact) mass is 287 g/mol. The highest BCUT2D eigenvalue weighted by molar-refractivity contribution is 5.92. The third-order valence-corrected chi connectivity index (χ3v) is 3.55. The number of aromatic nitrogens is 2. The topological polar surface area (TPSA) is 75.3 Å². The predicted octanol–water partition coefficient (Wildman–Crippen LogP) is 1.17. The van der Waals surface area contributed by atoms with E-state index in [0.29, 0.717) is 30.6 Å². The van der Waals surface area contributed by atoms with Gasteiger partial charge in [0.15, 0.2) is 5.82 Å². The summed E-state index contributed by atoms with van der Waals surface area (Å²) in [6, 6.07) is 6.99. The summed E-state index contributed by atoms with van der Waals surface area (Å²) >= 11 is 0. The van der Waals surface area contributed by atoms with Crippen LogP contribution in [0, 0.1) is 0 Å². The van der Waals surface area contributed by atoms with Crippen molar-refractivity contribution in [3.8, 4) is 0 Å². The lowest BCUT2D eigenvalue weighted by Gasteiger charge is -2.21. The number of hydrogen-bond donors (Lipinski definition) is 1. The van der Waals surface area contributed by atoms with Crippen LogP contribution in [0.4, 0.5) is 0 Å². The lowest BCUT2D eigenvalue weighted by atomic mass is 10.2. The number of ether oxygens (including phenoxy) is 1. The number of aromatic amines is 1. The van der Waals surface area contributed by atoms with Gasteiger partial charge in [0.1, 0.15) is 0 Å². The van der Waals surface area contributed by atoms with Gasteiger partial charge >= 0.3 is 0 Å². The summed E-state index contributed by atoms with van der Waals surface area (Å²) in [6.45, 7) is 3.70. The number of benzene rings is 1. The Hall–Kier alpha value is -2.21. The van der Waals surface area contributed by atoms with E-state index in [1.54, 1.807) is 29.2 Å². The fourth-order valence-electron chi connectivity index (χ4n) is 2.52. The molecule has 0 spiro atoms. The largest absolute Gasteiger partial charge is 0.377 e. The van der Waals surface area contributed by atoms with Gasteiger partial charge in [0, 0.05) is 19.7 Å². The first kappa shape index (κ1) is 13.8. The molecule has 1 amide bonds. The Kier molecular flexibility index (Phi) is 3.70. The Morgan fingerprint density at radius 3 is 3.10 bits per heavy atom. The molecule has 1 aliphatic heterocycles. The number of amides is 1. The van der Waals surface area contributed by atoms with Crippen molar-refractivity contribution in [3.63, 3.8) is 0 Å². The van der Waals surface area contributed by atoms with Gasteiger partial charge in [-0.15, -0.1) is 0 Å². The molecule has 1 N–H and O–H groups in total. The second-order valence-corrected chi connectivity index (χ2v) is 5.22. The zero-order valence-corrected chi connectivity index (χ0v) is 11.8. The molecular weight excluding hydrogens is 270 g/mol. The molecule has 110 valence electrons. The third-order valence-electron chi connectivity index (χ3n) is 3.55. The highest BCUT2D eigenvalue weighted by Crippen LogP contribution is 2.10. The molecule has 2 heterocycles. The van der Waals surface area contributed by atoms with E-state index in [4.69, 9.17) is 4.74 Å². The van der Waals surface area contributed by atoms with E-state index < -0.39 is 0 Å². The zero-order chi connectivity index (χ0) is 14.8. The number of H-pyrrole nitrogens is 1. The number of para-hydroxylation sites is 1. The standard InChI is InChI=1S/C15H17N3O3/c1-10-9-18(7-4-8-21-10)15(20)13-16-12-6-3-2-5-11(12)14(19)17-13/h2-3,5-6,10H,4,7-9H2,1H3,(H,16,17,19)/t10-/m0/s1. The smallest absolute Gasteiger partial charge is 0.289 e. The number of carbonyl (C=O) groups is 1. The highest BCUT2D eigenvalue weighted by Gasteiger charge is 2.23. The quantitative estimate of drug-likeness (QED) is 0.854. The van der Waals surface area contributed by atoms with Crippen LogP contribution in [-0.4, -0.2) is 46.6 Å². The van der Waals surface area contributed by atoms with Gasteiger partial charge in [0.05, 0.1) is 17.0 Å². The van der Waals surface area contributed by atoms with E-state index in [-0.39, 0.29) is 23.4 Å². The first-order valence-corrected chi connectivity index (χ1v) is 7.05. The van der Waals surface area contributed by atoms with Crippen LogP contribution in [0.15, 0.2) is 29.1 Å². The van der Waals surface area contributed by atoms with Gasteiger partial charge in [0.25, 0.3) is 11.5 Å². The van der Waals surface area contributed by atoms with E-state index >= 15 is 0 Å². The van der Waals surface area contributed by atoms with Gasteiger partial charge in [-0.2, -0.15) is 0 Å². The van der Waals surface area contributed by atoms with Crippen molar-refractivity contribution in [1.29, 1.82) is 0 Å². The summed E-state index contributed by atoms with van der Waals surface area (Å²) < 4.78 is 5.53. The fraction of sp³-hybridized carbons (Fsp3) is 0.400. The normalized spacial score (nSPS) is 19.5. The van der Waals surface area contributed by atoms with Crippen molar-refractivity contribution in [1.82, 2.24) is 14.9 Å². The Balaban J connectivity index is 1.95. The Bertz CT molecular complexity index is 725. The average Bonchev–Trinajstić information content (AvgIpc) is 2.71. The van der Waals surface area contributed by atoms with Gasteiger partial charge in [-0.05, 0) is 25.5 Å². The minimum Gasteiger partial charge on any atom is -0.377 e. The first-order valence-electron chi connectivity index (χ1n) is 7.05. The summed E-state index contributed by atoms with van der Waals surface area (Å²) in [7, 11) is 0. The molecule has 21 heavy (non-hydrogen) atoms. The van der Waals surface area contributed by atoms with Crippen molar-refractivity contribution in [2.24, 2.45) is 0 Å². The molecule has 1 atom stereocenters. The third kappa shape index (κ3) is 2.80. The van der Waals surface area contributed by atoms with Gasteiger partial charge in [-0.25, -0.2) is 4.98 Å². The van der Waals surface area contributed by atoms with Crippen molar-refractivity contribution in [2.75, 3.05) is 19.7 Å². The molecule has 0 bridgehead atoms. The summed E-state index contributed by atoms with van der Waals surface area (Å²) in [5.41, 5.74) is 0.242. The maximum absolute atomic E-state index is 12.5. The van der Waals surface area contributed by atoms with E-state index in [9.17, 15) is 9.59 Å². The minimum atomic E-state index is -0.289. The molecular formula is C15H17N3O3. The summed E-state index contributed by atoms with van der Waals surface area (Å²) in [5, 5.41) is 0.488. The number of nitrogens with zero attached hydrogens (tertiary/aromatic N) is 2. The van der Waals surface area contributed by atoms with Crippen LogP contribution in [-0.2, 0) is 4.74 Å². The maximum Gasteiger partial charge on any atom is 0.289 e. The molecule has 0 aliphatic carbocycles. The minimum absolute atomic E-state index is 0.0105. The molecule has 6 heteroatoms. The van der Waals surface area contributed by atoms with Crippen molar-refractivity contribution in [3.05, 3.63) is 40.4 Å². The average molecular weight is 287 g/mol. The van der Waals surface area contributed by atoms with Crippen LogP contribution in [0.1, 0.15) is 24.0 Å². The zero-order valence-electron chi connectivity index (χ0n) is 11.8. The lowest BCUT2D eigenvalue weighted by molar-refractivity contribution is 0.0556. The number of nitrogens with one attached hydrogen (secondary N) is 1. The van der Waals surface area contributed by atoms with Gasteiger partial charge in [-0.3, -0.25) is 9.59 Å². The molecule has 0 radical (unpaired) electrons. The predicted molar refractivity (Wildman–Crippen MR) is 78.3 cm³/mol. The van der Waals surface area contributed by atoms with Crippen LogP contribution < -0.4 is 5.56 Å². The Morgan fingerprint density at radius 2 is 2.24 bits per heavy atom. The van der Waals surface area contributed by atoms with Crippen LogP contribution in [0.3, 0.4) is 0 Å². The summed E-state index contributed by atoms with van der Waals surface area (Å²) in [5.74, 6) is -0.164. The molecule has 1 aromatic heterocycles. The van der Waals surface area contributed by atoms with E-state index in [0.717, 1.165) is 6.42 Å². The number of fused-ring (bicyclic) bond motifs is 1. The maximum atomic E-state index is 12.5. The van der Waals surface area contributed by atoms with Gasteiger partial charge in [0.2, 0.25) is 0 Å². The molecule has 1 saturated heterocycles. The molecule has 0 saturated carbocycles. The summed E-state index contributed by atoms with van der Waals surface area (Å²) in [6.07, 6.45) is 0.775. The fourth-order valence-corrected chi connectivity index (χ4v) is 2.52. The first-order chi connectivity index (χ1) is 10.1. The Labute approximate surface area is 121 Å². The second kappa shape index (κ2) is 5.65. The SMILES string of the molecule is C[C@H]1CN(C(=O)c2nc3ccccc3c(=O)[nH]2)CCCO1.